The van der Waals surface area contributed by atoms with E-state index in [0.717, 1.165) is 12.1 Å². The molecule has 1 aromatic carbocycles. The molecule has 0 unspecified atom stereocenters. The summed E-state index contributed by atoms with van der Waals surface area (Å²) in [6, 6.07) is 2.05. The van der Waals surface area contributed by atoms with Crippen LogP contribution < -0.4 is 0 Å². The second-order valence-corrected chi connectivity index (χ2v) is 2.72. The molecule has 1 rings (SSSR count). The molecule has 5 heteroatoms. The second-order valence-electron chi connectivity index (χ2n) is 2.31. The SMILES string of the molecule is CC.Cc1cc(F)c(Cl)cc1[N+](=O)[O-]. The van der Waals surface area contributed by atoms with Crippen LogP contribution in [0.4, 0.5) is 10.1 Å². The fraction of sp³-hybridized carbons (Fsp3) is 0.333. The van der Waals surface area contributed by atoms with Crippen LogP contribution in [0.3, 0.4) is 0 Å². The molecule has 0 aliphatic carbocycles. The highest BCUT2D eigenvalue weighted by molar-refractivity contribution is 6.31. The van der Waals surface area contributed by atoms with Crippen LogP contribution >= 0.6 is 11.6 Å². The lowest BCUT2D eigenvalue weighted by Gasteiger charge is -1.97. The van der Waals surface area contributed by atoms with Gasteiger partial charge in [-0.2, -0.15) is 0 Å². The van der Waals surface area contributed by atoms with E-state index in [1.807, 2.05) is 13.8 Å². The maximum absolute atomic E-state index is 12.7. The van der Waals surface area contributed by atoms with Crippen molar-refractivity contribution in [3.8, 4) is 0 Å². The largest absolute Gasteiger partial charge is 0.273 e. The van der Waals surface area contributed by atoms with Gasteiger partial charge in [-0.1, -0.05) is 25.4 Å². The van der Waals surface area contributed by atoms with Gasteiger partial charge in [0.25, 0.3) is 5.69 Å². The molecular weight excluding hydrogens is 209 g/mol. The van der Waals surface area contributed by atoms with E-state index in [2.05, 4.69) is 0 Å². The van der Waals surface area contributed by atoms with E-state index in [9.17, 15) is 14.5 Å². The predicted octanol–water partition coefficient (Wildman–Crippen LogP) is 3.72. The lowest BCUT2D eigenvalue weighted by atomic mass is 10.2. The highest BCUT2D eigenvalue weighted by Crippen LogP contribution is 2.24. The summed E-state index contributed by atoms with van der Waals surface area (Å²) < 4.78 is 12.7. The van der Waals surface area contributed by atoms with Crippen LogP contribution in [0.25, 0.3) is 0 Å². The van der Waals surface area contributed by atoms with Crippen LogP contribution in [0.5, 0.6) is 0 Å². The third-order valence-electron chi connectivity index (χ3n) is 1.44. The Balaban J connectivity index is 0.000000791. The summed E-state index contributed by atoms with van der Waals surface area (Å²) in [5.74, 6) is -0.639. The number of aryl methyl sites for hydroxylation is 1. The molecule has 0 aliphatic rings. The van der Waals surface area contributed by atoms with Gasteiger partial charge < -0.3 is 0 Å². The van der Waals surface area contributed by atoms with Gasteiger partial charge in [-0.15, -0.1) is 0 Å². The number of rotatable bonds is 1. The maximum atomic E-state index is 12.7. The standard InChI is InChI=1S/C7H5ClFNO2.C2H6/c1-4-2-6(9)5(8)3-7(4)10(11)12;1-2/h2-3H,1H3;1-2H3. The second kappa shape index (κ2) is 5.54. The Labute approximate surface area is 86.7 Å². The van der Waals surface area contributed by atoms with Gasteiger partial charge in [0.2, 0.25) is 0 Å². The van der Waals surface area contributed by atoms with Gasteiger partial charge in [0.1, 0.15) is 5.82 Å². The van der Waals surface area contributed by atoms with Crippen LogP contribution in [0.15, 0.2) is 12.1 Å². The molecule has 0 aromatic heterocycles. The van der Waals surface area contributed by atoms with Gasteiger partial charge in [-0.3, -0.25) is 10.1 Å². The lowest BCUT2D eigenvalue weighted by molar-refractivity contribution is -0.385. The number of halogens is 2. The molecule has 0 atom stereocenters. The lowest BCUT2D eigenvalue weighted by Crippen LogP contribution is -1.92. The summed E-state index contributed by atoms with van der Waals surface area (Å²) in [6.07, 6.45) is 0. The van der Waals surface area contributed by atoms with Gasteiger partial charge in [0.05, 0.1) is 9.95 Å². The number of hydrogen-bond acceptors (Lipinski definition) is 2. The molecule has 0 N–H and O–H groups in total. The van der Waals surface area contributed by atoms with Crippen LogP contribution in [-0.2, 0) is 0 Å². The van der Waals surface area contributed by atoms with Gasteiger partial charge in [0, 0.05) is 11.6 Å². The van der Waals surface area contributed by atoms with Crippen LogP contribution in [-0.4, -0.2) is 4.92 Å². The van der Waals surface area contributed by atoms with Crippen molar-refractivity contribution in [2.45, 2.75) is 20.8 Å². The first-order chi connectivity index (χ1) is 6.52. The fourth-order valence-corrected chi connectivity index (χ4v) is 0.990. The molecule has 0 aliphatic heterocycles. The minimum Gasteiger partial charge on any atom is -0.258 e. The van der Waals surface area contributed by atoms with Crippen molar-refractivity contribution in [2.24, 2.45) is 0 Å². The van der Waals surface area contributed by atoms with Gasteiger partial charge in [-0.05, 0) is 13.0 Å². The van der Waals surface area contributed by atoms with Gasteiger partial charge >= 0.3 is 0 Å². The van der Waals surface area contributed by atoms with Crippen molar-refractivity contribution in [1.82, 2.24) is 0 Å². The predicted molar refractivity (Wildman–Crippen MR) is 54.1 cm³/mol. The molecule has 0 bridgehead atoms. The van der Waals surface area contributed by atoms with Gasteiger partial charge in [0.15, 0.2) is 0 Å². The minimum absolute atomic E-state index is 0.165. The Morgan fingerprint density at radius 3 is 2.36 bits per heavy atom. The quantitative estimate of drug-likeness (QED) is 0.534. The van der Waals surface area contributed by atoms with Crippen molar-refractivity contribution < 1.29 is 9.31 Å². The third-order valence-corrected chi connectivity index (χ3v) is 1.73. The maximum Gasteiger partial charge on any atom is 0.273 e. The Hall–Kier alpha value is -1.16. The van der Waals surface area contributed by atoms with E-state index in [1.54, 1.807) is 0 Å². The molecule has 0 fully saturated rings. The van der Waals surface area contributed by atoms with Crippen molar-refractivity contribution in [2.75, 3.05) is 0 Å². The Bertz CT molecular complexity index is 342. The first-order valence-electron chi connectivity index (χ1n) is 4.12. The highest BCUT2D eigenvalue weighted by atomic mass is 35.5. The van der Waals surface area contributed by atoms with E-state index >= 15 is 0 Å². The van der Waals surface area contributed by atoms with Crippen molar-refractivity contribution in [3.05, 3.63) is 38.7 Å². The topological polar surface area (TPSA) is 43.1 Å². The summed E-state index contributed by atoms with van der Waals surface area (Å²) in [5, 5.41) is 10.1. The molecule has 78 valence electrons. The van der Waals surface area contributed by atoms with Crippen LogP contribution in [0.2, 0.25) is 5.02 Å². The zero-order valence-corrected chi connectivity index (χ0v) is 8.93. The third kappa shape index (κ3) is 2.96. The number of nitro benzene ring substituents is 1. The van der Waals surface area contributed by atoms with E-state index in [0.29, 0.717) is 0 Å². The number of nitro groups is 1. The van der Waals surface area contributed by atoms with E-state index in [4.69, 9.17) is 11.6 Å². The molecule has 0 saturated heterocycles. The first kappa shape index (κ1) is 12.8. The van der Waals surface area contributed by atoms with Crippen LogP contribution in [0, 0.1) is 22.9 Å². The summed E-state index contributed by atoms with van der Waals surface area (Å²) in [4.78, 5) is 9.71. The van der Waals surface area contributed by atoms with E-state index in [-0.39, 0.29) is 16.3 Å². The fourth-order valence-electron chi connectivity index (χ4n) is 0.832. The monoisotopic (exact) mass is 219 g/mol. The summed E-state index contributed by atoms with van der Waals surface area (Å²) in [6.45, 7) is 5.46. The van der Waals surface area contributed by atoms with E-state index in [1.165, 1.54) is 6.92 Å². The van der Waals surface area contributed by atoms with Crippen molar-refractivity contribution in [3.63, 3.8) is 0 Å². The Morgan fingerprint density at radius 2 is 1.93 bits per heavy atom. The number of hydrogen-bond donors (Lipinski definition) is 0. The Morgan fingerprint density at radius 1 is 1.43 bits per heavy atom. The molecule has 0 saturated carbocycles. The Kier molecular flexibility index (Phi) is 5.09. The van der Waals surface area contributed by atoms with Gasteiger partial charge in [-0.25, -0.2) is 4.39 Å². The van der Waals surface area contributed by atoms with Crippen molar-refractivity contribution in [1.29, 1.82) is 0 Å². The zero-order valence-electron chi connectivity index (χ0n) is 8.17. The molecular formula is C9H11ClFNO2. The molecule has 0 heterocycles. The summed E-state index contributed by atoms with van der Waals surface area (Å²) >= 11 is 5.35. The molecule has 0 amide bonds. The normalized spacial score (nSPS) is 8.93. The zero-order chi connectivity index (χ0) is 11.3. The highest BCUT2D eigenvalue weighted by Gasteiger charge is 2.13. The average molecular weight is 220 g/mol. The molecule has 1 aromatic rings. The summed E-state index contributed by atoms with van der Waals surface area (Å²) in [7, 11) is 0. The van der Waals surface area contributed by atoms with Crippen LogP contribution in [0.1, 0.15) is 19.4 Å². The van der Waals surface area contributed by atoms with E-state index < -0.39 is 10.7 Å². The molecule has 0 spiro atoms. The smallest absolute Gasteiger partial charge is 0.258 e. The summed E-state index contributed by atoms with van der Waals surface area (Å²) in [5.41, 5.74) is 0.100. The first-order valence-corrected chi connectivity index (χ1v) is 4.50. The minimum atomic E-state index is -0.639. The average Bonchev–Trinajstić information content (AvgIpc) is 2.14. The number of nitrogens with zero attached hydrogens (tertiary/aromatic N) is 1. The van der Waals surface area contributed by atoms with Crippen molar-refractivity contribution >= 4 is 17.3 Å². The molecule has 0 radical (unpaired) electrons. The molecule has 14 heavy (non-hydrogen) atoms. The number of benzene rings is 1. The molecule has 3 nitrogen and oxygen atoms in total.